The molecule has 36 heavy (non-hydrogen) atoms. The largest absolute Gasteiger partial charge is 0.858 e. The first-order valence-electron chi connectivity index (χ1n) is 15.3. The molecule has 1 aromatic rings. The van der Waals surface area contributed by atoms with Crippen LogP contribution in [0.25, 0.3) is 0 Å². The van der Waals surface area contributed by atoms with Crippen molar-refractivity contribution in [2.24, 2.45) is 4.99 Å². The molecule has 206 valence electrons. The standard InChI is InChI=1S/C24H52N.C8H5NO2/c1-5-9-13-17-21-25(22-18-14-10-6-2,23-19-15-11-7-3)24-20-16-12-8-4;10-7-5-3-1-2-4-6(5)8(11)9-7/h5-24H2,1-4H3;1-4H,(H,9,10,11)/q+1;/p-1. The van der Waals surface area contributed by atoms with Crippen LogP contribution in [0.15, 0.2) is 29.3 Å². The fourth-order valence-electron chi connectivity index (χ4n) is 5.24. The number of rotatable bonds is 20. The highest BCUT2D eigenvalue weighted by atomic mass is 16.3. The smallest absolute Gasteiger partial charge is 0.277 e. The number of benzene rings is 1. The Bertz CT molecular complexity index is 675. The number of aliphatic imine (C=N–C) groups is 1. The Hall–Kier alpha value is -1.68. The van der Waals surface area contributed by atoms with Gasteiger partial charge in [0.1, 0.15) is 0 Å². The second kappa shape index (κ2) is 20.4. The normalized spacial score (nSPS) is 12.8. The second-order valence-electron chi connectivity index (χ2n) is 10.7. The number of carbonyl (C=O) groups is 1. The molecule has 4 nitrogen and oxygen atoms in total. The zero-order valence-corrected chi connectivity index (χ0v) is 24.2. The van der Waals surface area contributed by atoms with Gasteiger partial charge in [0.05, 0.1) is 26.2 Å². The van der Waals surface area contributed by atoms with E-state index >= 15 is 0 Å². The zero-order chi connectivity index (χ0) is 26.5. The highest BCUT2D eigenvalue weighted by molar-refractivity contribution is 6.16. The van der Waals surface area contributed by atoms with Gasteiger partial charge in [-0.25, -0.2) is 4.99 Å². The van der Waals surface area contributed by atoms with E-state index in [-0.39, 0.29) is 0 Å². The molecule has 0 saturated carbocycles. The lowest BCUT2D eigenvalue weighted by molar-refractivity contribution is -0.929. The fourth-order valence-corrected chi connectivity index (χ4v) is 5.24. The Morgan fingerprint density at radius 3 is 1.28 bits per heavy atom. The van der Waals surface area contributed by atoms with E-state index in [1.54, 1.807) is 24.3 Å². The maximum absolute atomic E-state index is 10.9. The highest BCUT2D eigenvalue weighted by Gasteiger charge is 2.25. The monoisotopic (exact) mass is 500 g/mol. The van der Waals surface area contributed by atoms with Crippen molar-refractivity contribution in [2.75, 3.05) is 26.2 Å². The summed E-state index contributed by atoms with van der Waals surface area (Å²) in [6, 6.07) is 6.63. The van der Waals surface area contributed by atoms with Crippen molar-refractivity contribution in [3.63, 3.8) is 0 Å². The number of carbonyl (C=O) groups excluding carboxylic acids is 1. The quantitative estimate of drug-likeness (QED) is 0.134. The molecule has 0 unspecified atom stereocenters. The van der Waals surface area contributed by atoms with Crippen LogP contribution < -0.4 is 5.11 Å². The molecule has 1 aliphatic heterocycles. The summed E-state index contributed by atoms with van der Waals surface area (Å²) >= 11 is 0. The summed E-state index contributed by atoms with van der Waals surface area (Å²) < 4.78 is 1.46. The molecular formula is C32H56N2O2. The molecule has 0 saturated heterocycles. The van der Waals surface area contributed by atoms with Crippen molar-refractivity contribution in [1.29, 1.82) is 0 Å². The molecule has 0 bridgehead atoms. The SMILES string of the molecule is CCCCCC[N+](CCCCCC)(CCCCCC)CCCCCC.O=C1N=C([O-])c2ccccc21. The average molecular weight is 501 g/mol. The van der Waals surface area contributed by atoms with Crippen molar-refractivity contribution in [1.82, 2.24) is 0 Å². The molecule has 2 rings (SSSR count). The van der Waals surface area contributed by atoms with Gasteiger partial charge in [-0.05, 0) is 68.9 Å². The molecule has 1 aromatic carbocycles. The summed E-state index contributed by atoms with van der Waals surface area (Å²) in [5.41, 5.74) is 0.829. The minimum absolute atomic E-state index is 0.414. The van der Waals surface area contributed by atoms with Crippen LogP contribution in [0.5, 0.6) is 0 Å². The molecule has 0 radical (unpaired) electrons. The van der Waals surface area contributed by atoms with E-state index < -0.39 is 11.8 Å². The maximum Gasteiger partial charge on any atom is 0.277 e. The molecule has 0 fully saturated rings. The first kappa shape index (κ1) is 32.3. The van der Waals surface area contributed by atoms with Crippen LogP contribution in [0, 0.1) is 0 Å². The average Bonchev–Trinajstić information content (AvgIpc) is 3.19. The Balaban J connectivity index is 0.000000479. The number of fused-ring (bicyclic) bond motifs is 1. The minimum Gasteiger partial charge on any atom is -0.858 e. The van der Waals surface area contributed by atoms with Crippen LogP contribution >= 0.6 is 0 Å². The lowest BCUT2D eigenvalue weighted by atomic mass is 10.1. The lowest BCUT2D eigenvalue weighted by Crippen LogP contribution is -2.50. The van der Waals surface area contributed by atoms with Crippen molar-refractivity contribution in [3.8, 4) is 0 Å². The highest BCUT2D eigenvalue weighted by Crippen LogP contribution is 2.19. The van der Waals surface area contributed by atoms with Crippen molar-refractivity contribution in [3.05, 3.63) is 35.4 Å². The van der Waals surface area contributed by atoms with Crippen LogP contribution in [0.4, 0.5) is 0 Å². The van der Waals surface area contributed by atoms with Gasteiger partial charge in [-0.1, -0.05) is 97.3 Å². The van der Waals surface area contributed by atoms with Gasteiger partial charge in [-0.15, -0.1) is 0 Å². The third kappa shape index (κ3) is 13.0. The maximum atomic E-state index is 10.9. The van der Waals surface area contributed by atoms with Crippen molar-refractivity contribution in [2.45, 2.75) is 130 Å². The predicted octanol–water partition coefficient (Wildman–Crippen LogP) is 8.07. The molecule has 0 aliphatic carbocycles. The molecule has 4 heteroatoms. The summed E-state index contributed by atoms with van der Waals surface area (Å²) in [6.45, 7) is 15.2. The van der Waals surface area contributed by atoms with Gasteiger partial charge in [0.25, 0.3) is 5.91 Å². The molecular weight excluding hydrogens is 444 g/mol. The molecule has 1 amide bonds. The Morgan fingerprint density at radius 1 is 0.583 bits per heavy atom. The summed E-state index contributed by atoms with van der Waals surface area (Å²) in [5.74, 6) is -0.851. The third-order valence-corrected chi connectivity index (χ3v) is 7.54. The summed E-state index contributed by atoms with van der Waals surface area (Å²) in [6.07, 6.45) is 22.8. The van der Waals surface area contributed by atoms with E-state index in [1.807, 2.05) is 0 Å². The van der Waals surface area contributed by atoms with E-state index in [9.17, 15) is 9.90 Å². The Labute approximate surface area is 223 Å². The van der Waals surface area contributed by atoms with Gasteiger partial charge in [-0.3, -0.25) is 4.79 Å². The predicted molar refractivity (Wildman–Crippen MR) is 154 cm³/mol. The van der Waals surface area contributed by atoms with Gasteiger partial charge in [0.15, 0.2) is 0 Å². The fraction of sp³-hybridized carbons (Fsp3) is 0.750. The van der Waals surface area contributed by atoms with Crippen LogP contribution in [0.1, 0.15) is 146 Å². The molecule has 0 spiro atoms. The first-order chi connectivity index (χ1) is 17.5. The number of hydrogen-bond acceptors (Lipinski definition) is 2. The first-order valence-corrected chi connectivity index (χ1v) is 15.3. The van der Waals surface area contributed by atoms with Gasteiger partial charge in [0, 0.05) is 5.56 Å². The van der Waals surface area contributed by atoms with Crippen LogP contribution in [-0.2, 0) is 0 Å². The summed E-state index contributed by atoms with van der Waals surface area (Å²) in [4.78, 5) is 14.2. The van der Waals surface area contributed by atoms with E-state index in [4.69, 9.17) is 0 Å². The van der Waals surface area contributed by atoms with Crippen LogP contribution in [-0.4, -0.2) is 42.5 Å². The topological polar surface area (TPSA) is 52.5 Å². The number of amides is 1. The number of hydrogen-bond donors (Lipinski definition) is 0. The Morgan fingerprint density at radius 2 is 0.944 bits per heavy atom. The van der Waals surface area contributed by atoms with E-state index in [2.05, 4.69) is 32.7 Å². The molecule has 1 heterocycles. The number of unbranched alkanes of at least 4 members (excludes halogenated alkanes) is 12. The lowest BCUT2D eigenvalue weighted by Gasteiger charge is -2.39. The summed E-state index contributed by atoms with van der Waals surface area (Å²) in [5, 5.41) is 10.9. The van der Waals surface area contributed by atoms with Gasteiger partial charge < -0.3 is 9.59 Å². The third-order valence-electron chi connectivity index (χ3n) is 7.54. The molecule has 0 atom stereocenters. The van der Waals surface area contributed by atoms with Crippen molar-refractivity contribution < 1.29 is 14.4 Å². The summed E-state index contributed by atoms with van der Waals surface area (Å²) in [7, 11) is 0. The molecule has 1 aliphatic rings. The van der Waals surface area contributed by atoms with Gasteiger partial charge in [-0.2, -0.15) is 0 Å². The molecule has 0 aromatic heterocycles. The molecule has 0 N–H and O–H groups in total. The van der Waals surface area contributed by atoms with Crippen LogP contribution in [0.2, 0.25) is 0 Å². The van der Waals surface area contributed by atoms with Gasteiger partial charge in [0.2, 0.25) is 0 Å². The number of quaternary nitrogens is 1. The van der Waals surface area contributed by atoms with E-state index in [1.165, 1.54) is 133 Å². The Kier molecular flexibility index (Phi) is 18.3. The zero-order valence-electron chi connectivity index (χ0n) is 24.2. The second-order valence-corrected chi connectivity index (χ2v) is 10.7. The number of nitrogens with zero attached hydrogens (tertiary/aromatic N) is 2. The van der Waals surface area contributed by atoms with E-state index in [0.29, 0.717) is 11.1 Å². The van der Waals surface area contributed by atoms with E-state index in [0.717, 1.165) is 0 Å². The van der Waals surface area contributed by atoms with Crippen molar-refractivity contribution >= 4 is 11.8 Å². The van der Waals surface area contributed by atoms with Crippen LogP contribution in [0.3, 0.4) is 0 Å². The minimum atomic E-state index is -0.425. The van der Waals surface area contributed by atoms with Gasteiger partial charge >= 0.3 is 0 Å².